The zero-order chi connectivity index (χ0) is 5.70. The van der Waals surface area contributed by atoms with Crippen molar-refractivity contribution in [1.29, 1.82) is 0 Å². The third-order valence-corrected chi connectivity index (χ3v) is 1.06. The van der Waals surface area contributed by atoms with Gasteiger partial charge in [0, 0.05) is 5.88 Å². The van der Waals surface area contributed by atoms with Gasteiger partial charge in [0.2, 0.25) is 0 Å². The molecule has 0 aliphatic carbocycles. The fraction of sp³-hybridized carbons (Fsp3) is 1.00. The summed E-state index contributed by atoms with van der Waals surface area (Å²) < 4.78 is 0. The predicted octanol–water partition coefficient (Wildman–Crippen LogP) is 1.56. The standard InChI is InChI=1S/C4H8Cl2O/c5-3-1-2-4(6)7/h4,7H,1-3H2. The van der Waals surface area contributed by atoms with Gasteiger partial charge in [-0.25, -0.2) is 0 Å². The number of aliphatic hydroxyl groups is 1. The van der Waals surface area contributed by atoms with Gasteiger partial charge in [0.15, 0.2) is 0 Å². The molecule has 0 aliphatic heterocycles. The van der Waals surface area contributed by atoms with Crippen LogP contribution in [0.2, 0.25) is 0 Å². The summed E-state index contributed by atoms with van der Waals surface area (Å²) in [7, 11) is 0. The Bertz CT molecular complexity index is 38.7. The average molecular weight is 143 g/mol. The minimum Gasteiger partial charge on any atom is -0.378 e. The van der Waals surface area contributed by atoms with Crippen LogP contribution in [0.4, 0.5) is 0 Å². The zero-order valence-electron chi connectivity index (χ0n) is 3.90. The molecule has 0 rings (SSSR count). The minimum atomic E-state index is -0.709. The molecule has 3 heteroatoms. The average Bonchev–Trinajstić information content (AvgIpc) is 1.61. The van der Waals surface area contributed by atoms with Crippen molar-refractivity contribution in [3.8, 4) is 0 Å². The van der Waals surface area contributed by atoms with Gasteiger partial charge in [0.1, 0.15) is 5.56 Å². The molecule has 0 radical (unpaired) electrons. The van der Waals surface area contributed by atoms with Crippen LogP contribution in [-0.2, 0) is 0 Å². The Hall–Kier alpha value is 0.540. The largest absolute Gasteiger partial charge is 0.378 e. The van der Waals surface area contributed by atoms with Gasteiger partial charge in [-0.2, -0.15) is 0 Å². The monoisotopic (exact) mass is 142 g/mol. The molecular formula is C4H8Cl2O. The quantitative estimate of drug-likeness (QED) is 0.594. The van der Waals surface area contributed by atoms with E-state index in [4.69, 9.17) is 28.3 Å². The molecule has 44 valence electrons. The van der Waals surface area contributed by atoms with Gasteiger partial charge in [-0.05, 0) is 12.8 Å². The third kappa shape index (κ3) is 6.54. The van der Waals surface area contributed by atoms with E-state index in [-0.39, 0.29) is 0 Å². The van der Waals surface area contributed by atoms with Crippen LogP contribution in [0.5, 0.6) is 0 Å². The first-order valence-electron chi connectivity index (χ1n) is 2.15. The molecule has 1 N–H and O–H groups in total. The summed E-state index contributed by atoms with van der Waals surface area (Å²) in [6, 6.07) is 0. The lowest BCUT2D eigenvalue weighted by atomic mass is 10.4. The molecule has 0 saturated carbocycles. The SMILES string of the molecule is OC(Cl)CCCCl. The van der Waals surface area contributed by atoms with Crippen LogP contribution in [0.15, 0.2) is 0 Å². The van der Waals surface area contributed by atoms with Crippen molar-refractivity contribution >= 4 is 23.2 Å². The summed E-state index contributed by atoms with van der Waals surface area (Å²) in [6.45, 7) is 0. The van der Waals surface area contributed by atoms with E-state index in [0.29, 0.717) is 12.3 Å². The predicted molar refractivity (Wildman–Crippen MR) is 31.8 cm³/mol. The first-order valence-corrected chi connectivity index (χ1v) is 3.12. The van der Waals surface area contributed by atoms with Crippen LogP contribution in [0.3, 0.4) is 0 Å². The molecule has 0 saturated heterocycles. The number of hydrogen-bond acceptors (Lipinski definition) is 1. The van der Waals surface area contributed by atoms with Gasteiger partial charge >= 0.3 is 0 Å². The van der Waals surface area contributed by atoms with Crippen LogP contribution in [0.1, 0.15) is 12.8 Å². The second-order valence-corrected chi connectivity index (χ2v) is 2.15. The molecule has 0 amide bonds. The van der Waals surface area contributed by atoms with Gasteiger partial charge < -0.3 is 5.11 Å². The number of aliphatic hydroxyl groups excluding tert-OH is 1. The Labute approximate surface area is 53.2 Å². The van der Waals surface area contributed by atoms with E-state index in [1.807, 2.05) is 0 Å². The maximum absolute atomic E-state index is 8.39. The fourth-order valence-electron chi connectivity index (χ4n) is 0.246. The third-order valence-electron chi connectivity index (χ3n) is 0.576. The summed E-state index contributed by atoms with van der Waals surface area (Å²) in [5.41, 5.74) is -0.709. The molecule has 0 aromatic heterocycles. The highest BCUT2D eigenvalue weighted by molar-refractivity contribution is 6.19. The van der Waals surface area contributed by atoms with Crippen LogP contribution in [-0.4, -0.2) is 16.5 Å². The minimum absolute atomic E-state index is 0.573. The highest BCUT2D eigenvalue weighted by Gasteiger charge is 1.93. The Morgan fingerprint density at radius 1 is 1.57 bits per heavy atom. The van der Waals surface area contributed by atoms with Crippen LogP contribution in [0, 0.1) is 0 Å². The second kappa shape index (κ2) is 4.69. The van der Waals surface area contributed by atoms with E-state index < -0.39 is 5.56 Å². The molecular weight excluding hydrogens is 135 g/mol. The summed E-state index contributed by atoms with van der Waals surface area (Å²) in [4.78, 5) is 0. The molecule has 7 heavy (non-hydrogen) atoms. The van der Waals surface area contributed by atoms with Crippen molar-refractivity contribution in [2.24, 2.45) is 0 Å². The highest BCUT2D eigenvalue weighted by Crippen LogP contribution is 2.00. The van der Waals surface area contributed by atoms with E-state index in [1.54, 1.807) is 0 Å². The van der Waals surface area contributed by atoms with Gasteiger partial charge in [-0.3, -0.25) is 0 Å². The lowest BCUT2D eigenvalue weighted by Gasteiger charge is -1.95. The van der Waals surface area contributed by atoms with E-state index in [1.165, 1.54) is 0 Å². The van der Waals surface area contributed by atoms with Gasteiger partial charge in [0.05, 0.1) is 0 Å². The van der Waals surface area contributed by atoms with Gasteiger partial charge in [-0.15, -0.1) is 11.6 Å². The van der Waals surface area contributed by atoms with Crippen molar-refractivity contribution in [2.45, 2.75) is 18.4 Å². The van der Waals surface area contributed by atoms with Crippen molar-refractivity contribution in [2.75, 3.05) is 5.88 Å². The Morgan fingerprint density at radius 3 is 2.29 bits per heavy atom. The molecule has 0 heterocycles. The van der Waals surface area contributed by atoms with Crippen LogP contribution < -0.4 is 0 Å². The molecule has 1 unspecified atom stereocenters. The van der Waals surface area contributed by atoms with Gasteiger partial charge in [-0.1, -0.05) is 11.6 Å². The Morgan fingerprint density at radius 2 is 2.14 bits per heavy atom. The van der Waals surface area contributed by atoms with Crippen molar-refractivity contribution in [3.63, 3.8) is 0 Å². The fourth-order valence-corrected chi connectivity index (χ4v) is 0.554. The van der Waals surface area contributed by atoms with E-state index in [9.17, 15) is 0 Å². The van der Waals surface area contributed by atoms with Crippen LogP contribution >= 0.6 is 23.2 Å². The first-order chi connectivity index (χ1) is 3.27. The number of halogens is 2. The second-order valence-electron chi connectivity index (χ2n) is 1.27. The molecule has 0 aromatic rings. The molecule has 0 fully saturated rings. The molecule has 1 nitrogen and oxygen atoms in total. The molecule has 0 aliphatic rings. The maximum Gasteiger partial charge on any atom is 0.128 e. The van der Waals surface area contributed by atoms with E-state index in [2.05, 4.69) is 0 Å². The van der Waals surface area contributed by atoms with Crippen molar-refractivity contribution in [1.82, 2.24) is 0 Å². The number of alkyl halides is 2. The molecule has 0 bridgehead atoms. The maximum atomic E-state index is 8.39. The summed E-state index contributed by atoms with van der Waals surface area (Å²) in [5, 5.41) is 8.39. The highest BCUT2D eigenvalue weighted by atomic mass is 35.5. The topological polar surface area (TPSA) is 20.2 Å². The van der Waals surface area contributed by atoms with E-state index >= 15 is 0 Å². The molecule has 0 spiro atoms. The molecule has 1 atom stereocenters. The lowest BCUT2D eigenvalue weighted by Crippen LogP contribution is -1.94. The molecule has 0 aromatic carbocycles. The lowest BCUT2D eigenvalue weighted by molar-refractivity contribution is 0.245. The number of rotatable bonds is 3. The number of hydrogen-bond donors (Lipinski definition) is 1. The summed E-state index contributed by atoms with van der Waals surface area (Å²) >= 11 is 10.4. The van der Waals surface area contributed by atoms with Crippen molar-refractivity contribution in [3.05, 3.63) is 0 Å². The summed E-state index contributed by atoms with van der Waals surface area (Å²) in [6.07, 6.45) is 1.37. The Balaban J connectivity index is 2.68. The first kappa shape index (κ1) is 7.54. The normalized spacial score (nSPS) is 14.1. The van der Waals surface area contributed by atoms with Gasteiger partial charge in [0.25, 0.3) is 0 Å². The zero-order valence-corrected chi connectivity index (χ0v) is 5.41. The van der Waals surface area contributed by atoms with Crippen molar-refractivity contribution < 1.29 is 5.11 Å². The summed E-state index contributed by atoms with van der Waals surface area (Å²) in [5.74, 6) is 0.573. The smallest absolute Gasteiger partial charge is 0.128 e. The Kier molecular flexibility index (Phi) is 5.05. The van der Waals surface area contributed by atoms with Crippen LogP contribution in [0.25, 0.3) is 0 Å². The van der Waals surface area contributed by atoms with E-state index in [0.717, 1.165) is 6.42 Å².